The maximum Gasteiger partial charge on any atom is 0.410 e. The van der Waals surface area contributed by atoms with Gasteiger partial charge in [0.15, 0.2) is 11.3 Å². The highest BCUT2D eigenvalue weighted by atomic mass is 16.7. The predicted molar refractivity (Wildman–Crippen MR) is 76.3 cm³/mol. The molecule has 22 heavy (non-hydrogen) atoms. The molecule has 1 fully saturated rings. The molecule has 116 valence electrons. The first-order chi connectivity index (χ1) is 10.6. The fourth-order valence-corrected chi connectivity index (χ4v) is 2.67. The minimum atomic E-state index is -1.08. The molecule has 2 heterocycles. The number of aliphatic carboxylic acids is 1. The van der Waals surface area contributed by atoms with Gasteiger partial charge in [-0.2, -0.15) is 0 Å². The van der Waals surface area contributed by atoms with Gasteiger partial charge in [-0.05, 0) is 5.56 Å². The molecule has 1 aromatic rings. The lowest BCUT2D eigenvalue weighted by atomic mass is 9.97. The highest BCUT2D eigenvalue weighted by Gasteiger charge is 2.48. The first-order valence-corrected chi connectivity index (χ1v) is 7.02. The molecule has 1 aromatic carbocycles. The lowest BCUT2D eigenvalue weighted by molar-refractivity contribution is -0.129. The zero-order chi connectivity index (χ0) is 15.6. The summed E-state index contributed by atoms with van der Waals surface area (Å²) in [7, 11) is 0. The topological polar surface area (TPSA) is 88.4 Å². The van der Waals surface area contributed by atoms with Crippen molar-refractivity contribution >= 4 is 17.8 Å². The van der Waals surface area contributed by atoms with Gasteiger partial charge in [-0.15, -0.1) is 0 Å². The van der Waals surface area contributed by atoms with Crippen molar-refractivity contribution in [2.75, 3.05) is 13.1 Å². The Hall–Kier alpha value is -2.57. The molecule has 0 aromatic heterocycles. The van der Waals surface area contributed by atoms with Gasteiger partial charge in [0.05, 0.1) is 6.54 Å². The molecule has 0 radical (unpaired) electrons. The third-order valence-corrected chi connectivity index (χ3v) is 3.87. The number of carbonyl (C=O) groups is 2. The second kappa shape index (κ2) is 5.67. The summed E-state index contributed by atoms with van der Waals surface area (Å²) in [6.07, 6.45) is 0.339. The molecule has 0 saturated carbocycles. The van der Waals surface area contributed by atoms with Gasteiger partial charge in [-0.3, -0.25) is 0 Å². The number of likely N-dealkylation sites (tertiary alicyclic amines) is 1. The summed E-state index contributed by atoms with van der Waals surface area (Å²) in [6.45, 7) is 0.970. The van der Waals surface area contributed by atoms with Crippen molar-refractivity contribution in [1.29, 1.82) is 0 Å². The van der Waals surface area contributed by atoms with Gasteiger partial charge < -0.3 is 19.6 Å². The fraction of sp³-hybridized carbons (Fsp3) is 0.400. The number of ether oxygens (including phenoxy) is 1. The second-order valence-corrected chi connectivity index (χ2v) is 5.51. The van der Waals surface area contributed by atoms with Crippen LogP contribution in [0.25, 0.3) is 0 Å². The van der Waals surface area contributed by atoms with E-state index in [-0.39, 0.29) is 18.7 Å². The van der Waals surface area contributed by atoms with Crippen LogP contribution in [0.15, 0.2) is 35.5 Å². The summed E-state index contributed by atoms with van der Waals surface area (Å²) < 4.78 is 5.27. The second-order valence-electron chi connectivity index (χ2n) is 5.51. The van der Waals surface area contributed by atoms with E-state index in [1.54, 1.807) is 0 Å². The average Bonchev–Trinajstić information content (AvgIpc) is 3.14. The average molecular weight is 304 g/mol. The van der Waals surface area contributed by atoms with E-state index in [0.717, 1.165) is 5.56 Å². The Labute approximate surface area is 127 Å². The Kier molecular flexibility index (Phi) is 3.70. The highest BCUT2D eigenvalue weighted by molar-refractivity contribution is 6.36. The number of carboxylic acids is 1. The van der Waals surface area contributed by atoms with Crippen LogP contribution < -0.4 is 0 Å². The van der Waals surface area contributed by atoms with E-state index in [1.807, 2.05) is 30.3 Å². The zero-order valence-electron chi connectivity index (χ0n) is 11.9. The first kappa shape index (κ1) is 14.4. The van der Waals surface area contributed by atoms with Crippen LogP contribution >= 0.6 is 0 Å². The zero-order valence-corrected chi connectivity index (χ0v) is 11.9. The molecule has 1 saturated heterocycles. The molecule has 2 aliphatic heterocycles. The molecule has 1 N–H and O–H groups in total. The van der Waals surface area contributed by atoms with Crippen LogP contribution in [0.1, 0.15) is 18.4 Å². The molecule has 1 atom stereocenters. The van der Waals surface area contributed by atoms with E-state index < -0.39 is 17.7 Å². The largest absolute Gasteiger partial charge is 0.477 e. The van der Waals surface area contributed by atoms with E-state index in [0.29, 0.717) is 19.5 Å². The van der Waals surface area contributed by atoms with Gasteiger partial charge in [0.1, 0.15) is 6.61 Å². The van der Waals surface area contributed by atoms with Gasteiger partial charge in [0, 0.05) is 19.4 Å². The molecular weight excluding hydrogens is 288 g/mol. The number of carboxylic acid groups (broad SMARTS) is 1. The molecule has 1 unspecified atom stereocenters. The monoisotopic (exact) mass is 304 g/mol. The Morgan fingerprint density at radius 3 is 2.82 bits per heavy atom. The van der Waals surface area contributed by atoms with E-state index in [1.165, 1.54) is 4.90 Å². The first-order valence-electron chi connectivity index (χ1n) is 7.02. The van der Waals surface area contributed by atoms with Crippen LogP contribution in [0.4, 0.5) is 4.79 Å². The minimum Gasteiger partial charge on any atom is -0.477 e. The highest BCUT2D eigenvalue weighted by Crippen LogP contribution is 2.34. The number of hydrogen-bond acceptors (Lipinski definition) is 5. The van der Waals surface area contributed by atoms with Crippen molar-refractivity contribution in [1.82, 2.24) is 4.90 Å². The molecule has 7 heteroatoms. The summed E-state index contributed by atoms with van der Waals surface area (Å²) in [5.41, 5.74) is 0.206. The Bertz CT molecular complexity index is 616. The van der Waals surface area contributed by atoms with Gasteiger partial charge >= 0.3 is 12.1 Å². The van der Waals surface area contributed by atoms with Crippen LogP contribution in [-0.2, 0) is 21.0 Å². The van der Waals surface area contributed by atoms with E-state index in [9.17, 15) is 9.59 Å². The standard InChI is InChI=1S/C15H16N2O5/c18-13(19)12-8-15(22-16-12)6-7-17(10-15)14(20)21-9-11-4-2-1-3-5-11/h1-5H,6-10H2,(H,18,19). The lowest BCUT2D eigenvalue weighted by Crippen LogP contribution is -2.37. The number of benzene rings is 1. The molecule has 2 aliphatic rings. The number of hydrogen-bond donors (Lipinski definition) is 1. The minimum absolute atomic E-state index is 0.000460. The molecule has 0 aliphatic carbocycles. The smallest absolute Gasteiger partial charge is 0.410 e. The molecule has 0 bridgehead atoms. The predicted octanol–water partition coefficient (Wildman–Crippen LogP) is 1.63. The van der Waals surface area contributed by atoms with Crippen LogP contribution in [0.5, 0.6) is 0 Å². The molecule has 7 nitrogen and oxygen atoms in total. The van der Waals surface area contributed by atoms with Gasteiger partial charge in [-0.1, -0.05) is 35.5 Å². The van der Waals surface area contributed by atoms with E-state index in [2.05, 4.69) is 5.16 Å². The summed E-state index contributed by atoms with van der Waals surface area (Å²) in [6, 6.07) is 9.42. The van der Waals surface area contributed by atoms with Gasteiger partial charge in [0.2, 0.25) is 0 Å². The van der Waals surface area contributed by atoms with Gasteiger partial charge in [0.25, 0.3) is 0 Å². The number of rotatable bonds is 3. The Morgan fingerprint density at radius 1 is 1.36 bits per heavy atom. The van der Waals surface area contributed by atoms with Crippen molar-refractivity contribution in [3.8, 4) is 0 Å². The van der Waals surface area contributed by atoms with Crippen LogP contribution in [0.2, 0.25) is 0 Å². The molecule has 3 rings (SSSR count). The van der Waals surface area contributed by atoms with Crippen molar-refractivity contribution in [3.05, 3.63) is 35.9 Å². The third kappa shape index (κ3) is 2.88. The van der Waals surface area contributed by atoms with Crippen molar-refractivity contribution in [2.45, 2.75) is 25.0 Å². The number of carbonyl (C=O) groups excluding carboxylic acids is 1. The van der Waals surface area contributed by atoms with Crippen LogP contribution in [0.3, 0.4) is 0 Å². The van der Waals surface area contributed by atoms with Crippen molar-refractivity contribution in [2.24, 2.45) is 5.16 Å². The quantitative estimate of drug-likeness (QED) is 0.917. The van der Waals surface area contributed by atoms with Crippen LogP contribution in [0, 0.1) is 0 Å². The normalized spacial score (nSPS) is 23.3. The van der Waals surface area contributed by atoms with Crippen molar-refractivity contribution in [3.63, 3.8) is 0 Å². The van der Waals surface area contributed by atoms with Crippen LogP contribution in [-0.4, -0.2) is 46.5 Å². The Morgan fingerprint density at radius 2 is 2.14 bits per heavy atom. The lowest BCUT2D eigenvalue weighted by Gasteiger charge is -2.21. The summed E-state index contributed by atoms with van der Waals surface area (Å²) in [4.78, 5) is 29.8. The number of oxime groups is 1. The Balaban J connectivity index is 1.53. The van der Waals surface area contributed by atoms with Crippen molar-refractivity contribution < 1.29 is 24.3 Å². The van der Waals surface area contributed by atoms with E-state index in [4.69, 9.17) is 14.7 Å². The molecule has 1 spiro atoms. The summed E-state index contributed by atoms with van der Waals surface area (Å²) in [5.74, 6) is -1.08. The third-order valence-electron chi connectivity index (χ3n) is 3.87. The summed E-state index contributed by atoms with van der Waals surface area (Å²) in [5, 5.41) is 12.5. The summed E-state index contributed by atoms with van der Waals surface area (Å²) >= 11 is 0. The fourth-order valence-electron chi connectivity index (χ4n) is 2.67. The number of amides is 1. The number of nitrogens with zero attached hydrogens (tertiary/aromatic N) is 2. The SMILES string of the molecule is O=C(O)C1=NOC2(CCN(C(=O)OCc3ccccc3)C2)C1. The maximum atomic E-state index is 12.1. The van der Waals surface area contributed by atoms with Gasteiger partial charge in [-0.25, -0.2) is 9.59 Å². The molecule has 1 amide bonds. The van der Waals surface area contributed by atoms with E-state index >= 15 is 0 Å². The maximum absolute atomic E-state index is 12.1. The molecular formula is C15H16N2O5.